The van der Waals surface area contributed by atoms with Crippen molar-refractivity contribution in [1.82, 2.24) is 0 Å². The van der Waals surface area contributed by atoms with E-state index in [0.717, 1.165) is 77.0 Å². The third-order valence-corrected chi connectivity index (χ3v) is 11.9. The van der Waals surface area contributed by atoms with Gasteiger partial charge in [-0.05, 0) is 57.8 Å². The molecule has 0 aliphatic rings. The molecule has 0 rings (SSSR count). The normalized spacial score (nSPS) is 12.2. The minimum atomic E-state index is -0.771. The quantitative estimate of drug-likeness (QED) is 0.0262. The number of esters is 3. The monoisotopic (exact) mass is 871 g/mol. The molecule has 0 aliphatic carbocycles. The number of allylic oxidation sites excluding steroid dienone is 6. The number of carbonyl (C=O) groups excluding carboxylic acids is 3. The highest BCUT2D eigenvalue weighted by atomic mass is 16.6. The van der Waals surface area contributed by atoms with E-state index in [4.69, 9.17) is 14.2 Å². The van der Waals surface area contributed by atoms with E-state index in [2.05, 4.69) is 57.2 Å². The van der Waals surface area contributed by atoms with Gasteiger partial charge in [0.2, 0.25) is 0 Å². The Bertz CT molecular complexity index is 1050. The highest BCUT2D eigenvalue weighted by Gasteiger charge is 2.19. The lowest BCUT2D eigenvalue weighted by Crippen LogP contribution is -2.30. The van der Waals surface area contributed by atoms with Crippen LogP contribution in [0.3, 0.4) is 0 Å². The largest absolute Gasteiger partial charge is 0.462 e. The summed E-state index contributed by atoms with van der Waals surface area (Å²) in [5.74, 6) is -0.877. The molecule has 0 amide bonds. The van der Waals surface area contributed by atoms with E-state index in [9.17, 15) is 14.4 Å². The van der Waals surface area contributed by atoms with Crippen molar-refractivity contribution in [2.24, 2.45) is 0 Å². The summed E-state index contributed by atoms with van der Waals surface area (Å²) in [6.07, 6.45) is 59.9. The van der Waals surface area contributed by atoms with E-state index < -0.39 is 6.10 Å². The molecule has 362 valence electrons. The predicted molar refractivity (Wildman–Crippen MR) is 266 cm³/mol. The van der Waals surface area contributed by atoms with Crippen molar-refractivity contribution in [3.8, 4) is 0 Å². The van der Waals surface area contributed by atoms with Crippen molar-refractivity contribution in [1.29, 1.82) is 0 Å². The summed E-state index contributed by atoms with van der Waals surface area (Å²) in [5.41, 5.74) is 0. The van der Waals surface area contributed by atoms with Gasteiger partial charge in [-0.3, -0.25) is 14.4 Å². The Labute approximate surface area is 385 Å². The van der Waals surface area contributed by atoms with Crippen LogP contribution in [0, 0.1) is 0 Å². The number of ether oxygens (including phenoxy) is 3. The van der Waals surface area contributed by atoms with E-state index in [-0.39, 0.29) is 31.1 Å². The second-order valence-electron chi connectivity index (χ2n) is 18.2. The van der Waals surface area contributed by atoms with Crippen molar-refractivity contribution in [3.05, 3.63) is 36.5 Å². The first-order valence-corrected chi connectivity index (χ1v) is 27.0. The van der Waals surface area contributed by atoms with Crippen molar-refractivity contribution < 1.29 is 28.6 Å². The molecule has 0 aromatic rings. The molecule has 0 aromatic carbocycles. The van der Waals surface area contributed by atoms with Gasteiger partial charge in [0.15, 0.2) is 6.10 Å². The Hall–Kier alpha value is -2.37. The van der Waals surface area contributed by atoms with Gasteiger partial charge in [-0.25, -0.2) is 0 Å². The van der Waals surface area contributed by atoms with E-state index in [1.807, 2.05) is 0 Å². The van der Waals surface area contributed by atoms with Gasteiger partial charge >= 0.3 is 17.9 Å². The van der Waals surface area contributed by atoms with Gasteiger partial charge in [0.1, 0.15) is 13.2 Å². The maximum absolute atomic E-state index is 12.8. The van der Waals surface area contributed by atoms with Gasteiger partial charge in [-0.1, -0.05) is 243 Å². The van der Waals surface area contributed by atoms with Crippen molar-refractivity contribution in [3.63, 3.8) is 0 Å². The molecule has 6 nitrogen and oxygen atoms in total. The molecule has 0 N–H and O–H groups in total. The lowest BCUT2D eigenvalue weighted by atomic mass is 10.0. The number of carbonyl (C=O) groups is 3. The highest BCUT2D eigenvalue weighted by Crippen LogP contribution is 2.16. The van der Waals surface area contributed by atoms with Crippen LogP contribution in [0.4, 0.5) is 0 Å². The Morgan fingerprint density at radius 2 is 0.581 bits per heavy atom. The smallest absolute Gasteiger partial charge is 0.306 e. The summed E-state index contributed by atoms with van der Waals surface area (Å²) in [7, 11) is 0. The molecule has 1 unspecified atom stereocenters. The van der Waals surface area contributed by atoms with Crippen molar-refractivity contribution >= 4 is 17.9 Å². The van der Waals surface area contributed by atoms with Crippen LogP contribution in [-0.4, -0.2) is 37.2 Å². The van der Waals surface area contributed by atoms with Gasteiger partial charge in [0, 0.05) is 19.3 Å². The molecule has 0 aromatic heterocycles. The van der Waals surface area contributed by atoms with E-state index >= 15 is 0 Å². The average Bonchev–Trinajstić information content (AvgIpc) is 3.27. The Morgan fingerprint density at radius 3 is 0.935 bits per heavy atom. The van der Waals surface area contributed by atoms with Crippen LogP contribution >= 0.6 is 0 Å². The van der Waals surface area contributed by atoms with Crippen molar-refractivity contribution in [2.75, 3.05) is 13.2 Å². The lowest BCUT2D eigenvalue weighted by Gasteiger charge is -2.18. The molecule has 0 spiro atoms. The first-order chi connectivity index (χ1) is 30.5. The fourth-order valence-corrected chi connectivity index (χ4v) is 7.80. The Kier molecular flexibility index (Phi) is 49.3. The zero-order chi connectivity index (χ0) is 45.1. The average molecular weight is 871 g/mol. The fourth-order valence-electron chi connectivity index (χ4n) is 7.80. The topological polar surface area (TPSA) is 78.9 Å². The molecule has 0 heterocycles. The summed E-state index contributed by atoms with van der Waals surface area (Å²) >= 11 is 0. The van der Waals surface area contributed by atoms with Crippen LogP contribution < -0.4 is 0 Å². The summed E-state index contributed by atoms with van der Waals surface area (Å²) in [6.45, 7) is 6.60. The summed E-state index contributed by atoms with van der Waals surface area (Å²) in [5, 5.41) is 0. The van der Waals surface area contributed by atoms with Crippen LogP contribution in [0.2, 0.25) is 0 Å². The molecule has 1 atom stereocenters. The van der Waals surface area contributed by atoms with Crippen molar-refractivity contribution in [2.45, 2.75) is 290 Å². The number of rotatable bonds is 49. The molecular formula is C56H102O6. The standard InChI is InChI=1S/C56H102O6/c1-4-7-10-13-16-19-21-23-25-27-28-30-31-33-35-37-40-43-46-49-55(58)61-52-53(51-60-54(57)48-45-42-39-18-15-12-9-6-3)62-56(59)50-47-44-41-38-36-34-32-29-26-24-22-20-17-14-11-8-5-2/h16,19,23,25,28,30,53H,4-15,17-18,20-22,24,26-27,29,31-52H2,1-3H3/b19-16-,25-23-,30-28-. The number of hydrogen-bond acceptors (Lipinski definition) is 6. The number of unbranched alkanes of at least 4 members (excludes halogenated alkanes) is 32. The van der Waals surface area contributed by atoms with E-state index in [1.165, 1.54) is 167 Å². The molecule has 62 heavy (non-hydrogen) atoms. The lowest BCUT2D eigenvalue weighted by molar-refractivity contribution is -0.167. The minimum absolute atomic E-state index is 0.0728. The van der Waals surface area contributed by atoms with Gasteiger partial charge in [0.25, 0.3) is 0 Å². The zero-order valence-corrected chi connectivity index (χ0v) is 41.4. The molecule has 0 bridgehead atoms. The van der Waals surface area contributed by atoms with Crippen LogP contribution in [0.15, 0.2) is 36.5 Å². The van der Waals surface area contributed by atoms with Gasteiger partial charge in [0.05, 0.1) is 0 Å². The van der Waals surface area contributed by atoms with Crippen LogP contribution in [0.1, 0.15) is 284 Å². The zero-order valence-electron chi connectivity index (χ0n) is 41.4. The maximum Gasteiger partial charge on any atom is 0.306 e. The fraction of sp³-hybridized carbons (Fsp3) is 0.839. The first-order valence-electron chi connectivity index (χ1n) is 27.0. The third-order valence-electron chi connectivity index (χ3n) is 11.9. The van der Waals surface area contributed by atoms with Crippen LogP contribution in [0.5, 0.6) is 0 Å². The molecule has 6 heteroatoms. The molecular weight excluding hydrogens is 769 g/mol. The van der Waals surface area contributed by atoms with Crippen LogP contribution in [-0.2, 0) is 28.6 Å². The van der Waals surface area contributed by atoms with Gasteiger partial charge in [-0.2, -0.15) is 0 Å². The predicted octanol–water partition coefficient (Wildman–Crippen LogP) is 17.7. The summed E-state index contributed by atoms with van der Waals surface area (Å²) in [6, 6.07) is 0. The second-order valence-corrected chi connectivity index (χ2v) is 18.2. The van der Waals surface area contributed by atoms with E-state index in [1.54, 1.807) is 0 Å². The molecule has 0 saturated heterocycles. The van der Waals surface area contributed by atoms with Gasteiger partial charge < -0.3 is 14.2 Å². The molecule has 0 saturated carbocycles. The minimum Gasteiger partial charge on any atom is -0.462 e. The summed E-state index contributed by atoms with van der Waals surface area (Å²) in [4.78, 5) is 37.9. The SMILES string of the molecule is CCCCC/C=C\C/C=C\C/C=C\CCCCCCCCC(=O)OCC(COC(=O)CCCCCCCCCC)OC(=O)CCCCCCCCCCCCCCCCCCC. The summed E-state index contributed by atoms with van der Waals surface area (Å²) < 4.78 is 16.8. The Morgan fingerprint density at radius 1 is 0.323 bits per heavy atom. The first kappa shape index (κ1) is 59.6. The number of hydrogen-bond donors (Lipinski definition) is 0. The van der Waals surface area contributed by atoms with E-state index in [0.29, 0.717) is 19.3 Å². The molecule has 0 fully saturated rings. The van der Waals surface area contributed by atoms with Crippen LogP contribution in [0.25, 0.3) is 0 Å². The Balaban J connectivity index is 4.27. The molecule has 0 radical (unpaired) electrons. The second kappa shape index (κ2) is 51.3. The van der Waals surface area contributed by atoms with Gasteiger partial charge in [-0.15, -0.1) is 0 Å². The maximum atomic E-state index is 12.8. The third kappa shape index (κ3) is 48.7. The highest BCUT2D eigenvalue weighted by molar-refractivity contribution is 5.71. The molecule has 0 aliphatic heterocycles.